The topological polar surface area (TPSA) is 152 Å². The lowest BCUT2D eigenvalue weighted by molar-refractivity contribution is -0.116. The largest absolute Gasteiger partial charge is 0.494 e. The number of anilines is 3. The Morgan fingerprint density at radius 1 is 0.782 bits per heavy atom. The van der Waals surface area contributed by atoms with Crippen LogP contribution in [0.5, 0.6) is 5.75 Å². The fourth-order valence-corrected chi connectivity index (χ4v) is 7.44. The Morgan fingerprint density at radius 2 is 1.45 bits per heavy atom. The number of methoxy groups -OCH3 is 1. The molecule has 1 aromatic heterocycles. The predicted octanol–water partition coefficient (Wildman–Crippen LogP) is 8.41. The second-order valence-corrected chi connectivity index (χ2v) is 14.2. The van der Waals surface area contributed by atoms with E-state index in [1.807, 2.05) is 26.0 Å². The number of ether oxygens (including phenoxy) is 2. The molecule has 4 N–H and O–H groups in total. The van der Waals surface area contributed by atoms with Gasteiger partial charge in [-0.05, 0) is 92.1 Å². The third-order valence-electron chi connectivity index (χ3n) is 8.08. The lowest BCUT2D eigenvalue weighted by atomic mass is 10.1. The Kier molecular flexibility index (Phi) is 14.0. The van der Waals surface area contributed by atoms with E-state index in [-0.39, 0.29) is 27.0 Å². The zero-order valence-electron chi connectivity index (χ0n) is 30.6. The number of benzene rings is 4. The van der Waals surface area contributed by atoms with Crippen LogP contribution in [0.3, 0.4) is 0 Å². The van der Waals surface area contributed by atoms with Crippen molar-refractivity contribution in [2.24, 2.45) is 0 Å². The summed E-state index contributed by atoms with van der Waals surface area (Å²) in [6.45, 7) is 5.89. The molecule has 0 spiro atoms. The zero-order chi connectivity index (χ0) is 39.3. The fourth-order valence-electron chi connectivity index (χ4n) is 5.34. The minimum Gasteiger partial charge on any atom is -0.494 e. The average molecular weight is 777 g/mol. The first-order chi connectivity index (χ1) is 26.6. The van der Waals surface area contributed by atoms with Crippen LogP contribution >= 0.6 is 23.1 Å². The summed E-state index contributed by atoms with van der Waals surface area (Å²) in [5, 5.41) is 10.9. The second kappa shape index (κ2) is 19.2. The van der Waals surface area contributed by atoms with Crippen LogP contribution in [-0.2, 0) is 14.3 Å². The van der Waals surface area contributed by atoms with Crippen molar-refractivity contribution in [2.45, 2.75) is 37.3 Å². The standard InChI is InChI=1S/C42H40N4O7S2/c1-5-34(39(49)46-41-35(42(51)52-4)26(3)36(55-41)40(50)43-29-16-11-8-12-17-29)54-32-19-13-18-30(25-32)44-38(48)33(45-37(47)28-14-9-7-10-15-28)24-27-20-22-31(23-21-27)53-6-2/h7-25,34H,5-6H2,1-4H3,(H,43,50)(H,44,48)(H,45,47)(H,46,49)/b33-24+. The number of para-hydroxylation sites is 1. The lowest BCUT2D eigenvalue weighted by Gasteiger charge is -2.16. The third kappa shape index (κ3) is 10.7. The van der Waals surface area contributed by atoms with Crippen molar-refractivity contribution < 1.29 is 33.4 Å². The van der Waals surface area contributed by atoms with E-state index >= 15 is 0 Å². The van der Waals surface area contributed by atoms with Gasteiger partial charge in [0.1, 0.15) is 16.4 Å². The molecule has 0 fully saturated rings. The number of amides is 4. The van der Waals surface area contributed by atoms with Gasteiger partial charge in [0, 0.05) is 21.8 Å². The van der Waals surface area contributed by atoms with Crippen LogP contribution in [-0.4, -0.2) is 48.6 Å². The lowest BCUT2D eigenvalue weighted by Crippen LogP contribution is -2.30. The van der Waals surface area contributed by atoms with E-state index in [0.717, 1.165) is 11.3 Å². The first-order valence-electron chi connectivity index (χ1n) is 17.4. The first-order valence-corrected chi connectivity index (χ1v) is 19.1. The highest BCUT2D eigenvalue weighted by Crippen LogP contribution is 2.36. The highest BCUT2D eigenvalue weighted by molar-refractivity contribution is 8.00. The minimum absolute atomic E-state index is 0.0198. The smallest absolute Gasteiger partial charge is 0.341 e. The van der Waals surface area contributed by atoms with Gasteiger partial charge in [-0.25, -0.2) is 4.79 Å². The van der Waals surface area contributed by atoms with Crippen LogP contribution in [0.2, 0.25) is 0 Å². The van der Waals surface area contributed by atoms with E-state index in [0.29, 0.717) is 51.7 Å². The maximum atomic E-state index is 13.7. The van der Waals surface area contributed by atoms with Gasteiger partial charge in [-0.2, -0.15) is 0 Å². The molecule has 0 bridgehead atoms. The molecule has 5 rings (SSSR count). The monoisotopic (exact) mass is 776 g/mol. The molecule has 13 heteroatoms. The van der Waals surface area contributed by atoms with Gasteiger partial charge < -0.3 is 30.7 Å². The van der Waals surface area contributed by atoms with Crippen LogP contribution in [0.1, 0.15) is 61.8 Å². The van der Waals surface area contributed by atoms with Crippen molar-refractivity contribution in [2.75, 3.05) is 29.7 Å². The number of nitrogens with one attached hydrogen (secondary N) is 4. The van der Waals surface area contributed by atoms with E-state index in [9.17, 15) is 24.0 Å². The molecule has 4 aromatic carbocycles. The molecule has 282 valence electrons. The van der Waals surface area contributed by atoms with Crippen molar-refractivity contribution in [1.29, 1.82) is 0 Å². The van der Waals surface area contributed by atoms with Crippen molar-refractivity contribution in [3.05, 3.63) is 142 Å². The van der Waals surface area contributed by atoms with Gasteiger partial charge in [-0.15, -0.1) is 23.1 Å². The Hall–Kier alpha value is -6.18. The molecule has 11 nitrogen and oxygen atoms in total. The molecule has 5 aromatic rings. The van der Waals surface area contributed by atoms with Gasteiger partial charge in [0.25, 0.3) is 17.7 Å². The highest BCUT2D eigenvalue weighted by Gasteiger charge is 2.28. The number of esters is 1. The second-order valence-electron chi connectivity index (χ2n) is 11.9. The van der Waals surface area contributed by atoms with Crippen molar-refractivity contribution in [3.8, 4) is 5.75 Å². The van der Waals surface area contributed by atoms with Gasteiger partial charge in [-0.3, -0.25) is 19.2 Å². The number of carbonyl (C=O) groups is 5. The summed E-state index contributed by atoms with van der Waals surface area (Å²) in [5.74, 6) is -1.81. The van der Waals surface area contributed by atoms with Crippen LogP contribution in [0.15, 0.2) is 120 Å². The van der Waals surface area contributed by atoms with E-state index in [1.54, 1.807) is 110 Å². The van der Waals surface area contributed by atoms with Crippen molar-refractivity contribution in [1.82, 2.24) is 5.32 Å². The predicted molar refractivity (Wildman–Crippen MR) is 218 cm³/mol. The summed E-state index contributed by atoms with van der Waals surface area (Å²) in [6.07, 6.45) is 2.00. The van der Waals surface area contributed by atoms with Crippen LogP contribution in [0.4, 0.5) is 16.4 Å². The number of hydrogen-bond acceptors (Lipinski definition) is 9. The van der Waals surface area contributed by atoms with Gasteiger partial charge in [-0.1, -0.05) is 61.5 Å². The maximum Gasteiger partial charge on any atom is 0.341 e. The zero-order valence-corrected chi connectivity index (χ0v) is 32.3. The number of thiophene rings is 1. The van der Waals surface area contributed by atoms with E-state index in [2.05, 4.69) is 21.3 Å². The summed E-state index contributed by atoms with van der Waals surface area (Å²) in [6, 6.07) is 31.6. The molecule has 0 saturated carbocycles. The van der Waals surface area contributed by atoms with Gasteiger partial charge in [0.15, 0.2) is 0 Å². The molecule has 1 atom stereocenters. The molecule has 0 saturated heterocycles. The van der Waals surface area contributed by atoms with Crippen LogP contribution < -0.4 is 26.0 Å². The SMILES string of the molecule is CCOc1ccc(/C=C(/NC(=O)c2ccccc2)C(=O)Nc2cccc(SC(CC)C(=O)Nc3sc(C(=O)Nc4ccccc4)c(C)c3C(=O)OC)c2)cc1. The van der Waals surface area contributed by atoms with Crippen LogP contribution in [0.25, 0.3) is 6.08 Å². The molecular weight excluding hydrogens is 737 g/mol. The quantitative estimate of drug-likeness (QED) is 0.0470. The number of thioether (sulfide) groups is 1. The molecule has 0 aliphatic carbocycles. The molecule has 0 aliphatic heterocycles. The van der Waals surface area contributed by atoms with E-state index < -0.39 is 28.9 Å². The average Bonchev–Trinajstić information content (AvgIpc) is 3.52. The summed E-state index contributed by atoms with van der Waals surface area (Å²) < 4.78 is 10.5. The van der Waals surface area contributed by atoms with E-state index in [4.69, 9.17) is 9.47 Å². The van der Waals surface area contributed by atoms with Gasteiger partial charge >= 0.3 is 5.97 Å². The third-order valence-corrected chi connectivity index (χ3v) is 10.6. The summed E-state index contributed by atoms with van der Waals surface area (Å²) >= 11 is 2.26. The van der Waals surface area contributed by atoms with Gasteiger partial charge in [0.05, 0.1) is 29.4 Å². The Bertz CT molecular complexity index is 2190. The molecule has 0 radical (unpaired) electrons. The highest BCUT2D eigenvalue weighted by atomic mass is 32.2. The number of carbonyl (C=O) groups excluding carboxylic acids is 5. The molecule has 1 unspecified atom stereocenters. The normalized spacial score (nSPS) is 11.5. The molecule has 55 heavy (non-hydrogen) atoms. The molecule has 4 amide bonds. The number of hydrogen-bond donors (Lipinski definition) is 4. The van der Waals surface area contributed by atoms with Gasteiger partial charge in [0.2, 0.25) is 5.91 Å². The molecular formula is C42H40N4O7S2. The Labute approximate surface area is 327 Å². The Morgan fingerprint density at radius 3 is 2.11 bits per heavy atom. The van der Waals surface area contributed by atoms with E-state index in [1.165, 1.54) is 18.9 Å². The maximum absolute atomic E-state index is 13.7. The van der Waals surface area contributed by atoms with Crippen molar-refractivity contribution >= 4 is 75.1 Å². The Balaban J connectivity index is 1.32. The molecule has 1 heterocycles. The molecule has 0 aliphatic rings. The van der Waals surface area contributed by atoms with Crippen LogP contribution in [0, 0.1) is 6.92 Å². The summed E-state index contributed by atoms with van der Waals surface area (Å²) in [7, 11) is 1.24. The summed E-state index contributed by atoms with van der Waals surface area (Å²) in [4.78, 5) is 67.5. The van der Waals surface area contributed by atoms with Crippen molar-refractivity contribution in [3.63, 3.8) is 0 Å². The minimum atomic E-state index is -0.678. The first kappa shape index (κ1) is 40.0. The summed E-state index contributed by atoms with van der Waals surface area (Å²) in [5.41, 5.74) is 2.60. The fraction of sp³-hybridized carbons (Fsp3) is 0.167. The number of rotatable bonds is 15.